The molecule has 3 heterocycles. The highest BCUT2D eigenvalue weighted by molar-refractivity contribution is 5.82. The lowest BCUT2D eigenvalue weighted by molar-refractivity contribution is -0.125. The summed E-state index contributed by atoms with van der Waals surface area (Å²) >= 11 is 0. The minimum atomic E-state index is 0.0180. The van der Waals surface area contributed by atoms with Gasteiger partial charge in [0.15, 0.2) is 0 Å². The zero-order valence-electron chi connectivity index (χ0n) is 15.3. The van der Waals surface area contributed by atoms with Crippen LogP contribution in [0.25, 0.3) is 0 Å². The van der Waals surface area contributed by atoms with Gasteiger partial charge in [-0.05, 0) is 76.8 Å². The van der Waals surface area contributed by atoms with E-state index in [9.17, 15) is 4.79 Å². The van der Waals surface area contributed by atoms with Crippen molar-refractivity contribution in [3.8, 4) is 0 Å². The minimum Gasteiger partial charge on any atom is -0.465 e. The van der Waals surface area contributed by atoms with Crippen molar-refractivity contribution in [2.75, 3.05) is 33.2 Å². The van der Waals surface area contributed by atoms with Crippen LogP contribution in [-0.2, 0) is 11.3 Å². The van der Waals surface area contributed by atoms with Gasteiger partial charge in [-0.15, -0.1) is 0 Å². The van der Waals surface area contributed by atoms with Crippen molar-refractivity contribution in [2.24, 2.45) is 5.41 Å². The maximum absolute atomic E-state index is 12.8. The van der Waals surface area contributed by atoms with Crippen molar-refractivity contribution in [3.63, 3.8) is 0 Å². The Morgan fingerprint density at radius 1 is 1.38 bits per heavy atom. The molecular weight excluding hydrogens is 302 g/mol. The number of piperidine rings is 1. The summed E-state index contributed by atoms with van der Waals surface area (Å²) in [6, 6.07) is 3.89. The summed E-state index contributed by atoms with van der Waals surface area (Å²) in [5.41, 5.74) is 0.338. The van der Waals surface area contributed by atoms with Crippen LogP contribution in [0.1, 0.15) is 44.1 Å². The lowest BCUT2D eigenvalue weighted by Crippen LogP contribution is -2.43. The highest BCUT2D eigenvalue weighted by atomic mass is 16.3. The molecule has 0 bridgehead atoms. The lowest BCUT2D eigenvalue weighted by atomic mass is 9.76. The second-order valence-corrected chi connectivity index (χ2v) is 7.72. The van der Waals surface area contributed by atoms with Gasteiger partial charge in [-0.3, -0.25) is 9.69 Å². The molecule has 1 aromatic heterocycles. The number of carbonyl (C=O) groups excluding carboxylic acids is 1. The van der Waals surface area contributed by atoms with Crippen LogP contribution >= 0.6 is 0 Å². The first kappa shape index (κ1) is 17.5. The topological polar surface area (TPSA) is 48.7 Å². The van der Waals surface area contributed by atoms with Gasteiger partial charge in [0.2, 0.25) is 5.91 Å². The van der Waals surface area contributed by atoms with Crippen molar-refractivity contribution in [1.29, 1.82) is 0 Å². The molecule has 0 aromatic carbocycles. The molecule has 2 fully saturated rings. The Kier molecular flexibility index (Phi) is 5.30. The van der Waals surface area contributed by atoms with E-state index >= 15 is 0 Å². The maximum Gasteiger partial charge on any atom is 0.237 e. The SMILES string of the molecule is CCCN1CC2(CCN(C)CC2)C[C@@H]1C(=O)NCc1ccc(C)o1. The third kappa shape index (κ3) is 3.83. The van der Waals surface area contributed by atoms with Crippen LogP contribution in [0.3, 0.4) is 0 Å². The Morgan fingerprint density at radius 3 is 2.75 bits per heavy atom. The fourth-order valence-electron chi connectivity index (χ4n) is 4.25. The molecule has 0 unspecified atom stereocenters. The fraction of sp³-hybridized carbons (Fsp3) is 0.737. The smallest absolute Gasteiger partial charge is 0.237 e. The van der Waals surface area contributed by atoms with E-state index in [1.165, 1.54) is 12.8 Å². The van der Waals surface area contributed by atoms with E-state index in [0.29, 0.717) is 12.0 Å². The quantitative estimate of drug-likeness (QED) is 0.899. The van der Waals surface area contributed by atoms with Gasteiger partial charge in [0.1, 0.15) is 11.5 Å². The van der Waals surface area contributed by atoms with E-state index in [1.807, 2.05) is 19.1 Å². The molecule has 0 saturated carbocycles. The molecule has 2 saturated heterocycles. The Labute approximate surface area is 145 Å². The average Bonchev–Trinajstić information content (AvgIpc) is 3.13. The first-order valence-electron chi connectivity index (χ1n) is 9.27. The van der Waals surface area contributed by atoms with E-state index in [4.69, 9.17) is 4.42 Å². The summed E-state index contributed by atoms with van der Waals surface area (Å²) < 4.78 is 5.56. The molecule has 1 atom stereocenters. The van der Waals surface area contributed by atoms with Gasteiger partial charge in [0.05, 0.1) is 12.6 Å². The van der Waals surface area contributed by atoms with Crippen LogP contribution in [0.15, 0.2) is 16.5 Å². The third-order valence-electron chi connectivity index (χ3n) is 5.70. The van der Waals surface area contributed by atoms with Crippen molar-refractivity contribution in [1.82, 2.24) is 15.1 Å². The largest absolute Gasteiger partial charge is 0.465 e. The van der Waals surface area contributed by atoms with Crippen LogP contribution in [0.5, 0.6) is 0 Å². The molecule has 0 radical (unpaired) electrons. The maximum atomic E-state index is 12.8. The van der Waals surface area contributed by atoms with Gasteiger partial charge >= 0.3 is 0 Å². The molecule has 5 heteroatoms. The number of aryl methyl sites for hydroxylation is 1. The van der Waals surface area contributed by atoms with Crippen LogP contribution < -0.4 is 5.32 Å². The Morgan fingerprint density at radius 2 is 2.12 bits per heavy atom. The lowest BCUT2D eigenvalue weighted by Gasteiger charge is -2.37. The van der Waals surface area contributed by atoms with Gasteiger partial charge in [0, 0.05) is 6.54 Å². The molecule has 3 rings (SSSR count). The predicted molar refractivity (Wildman–Crippen MR) is 94.7 cm³/mol. The zero-order chi connectivity index (χ0) is 17.2. The summed E-state index contributed by atoms with van der Waals surface area (Å²) in [6.07, 6.45) is 4.52. The molecule has 134 valence electrons. The van der Waals surface area contributed by atoms with Crippen molar-refractivity contribution in [3.05, 3.63) is 23.7 Å². The second-order valence-electron chi connectivity index (χ2n) is 7.72. The number of nitrogens with one attached hydrogen (secondary N) is 1. The molecule has 2 aliphatic heterocycles. The Balaban J connectivity index is 1.62. The molecule has 24 heavy (non-hydrogen) atoms. The van der Waals surface area contributed by atoms with Gasteiger partial charge < -0.3 is 14.6 Å². The molecule has 0 aliphatic carbocycles. The van der Waals surface area contributed by atoms with E-state index in [-0.39, 0.29) is 11.9 Å². The Bertz CT molecular complexity index is 561. The first-order chi connectivity index (χ1) is 11.5. The summed E-state index contributed by atoms with van der Waals surface area (Å²) in [6.45, 7) is 9.00. The van der Waals surface area contributed by atoms with Gasteiger partial charge in [0.25, 0.3) is 0 Å². The molecule has 2 aliphatic rings. The van der Waals surface area contributed by atoms with Gasteiger partial charge in [-0.2, -0.15) is 0 Å². The average molecular weight is 333 g/mol. The van der Waals surface area contributed by atoms with Crippen molar-refractivity contribution < 1.29 is 9.21 Å². The standard InChI is InChI=1S/C19H31N3O2/c1-4-9-22-14-19(7-10-21(3)11-8-19)12-17(22)18(23)20-13-16-6-5-15(2)24-16/h5-6,17H,4,7-14H2,1-3H3,(H,20,23)/t17-/m1/s1. The van der Waals surface area contributed by atoms with Gasteiger partial charge in [-0.1, -0.05) is 6.92 Å². The number of amides is 1. The number of furan rings is 1. The minimum absolute atomic E-state index is 0.0180. The molecule has 1 spiro atoms. The normalized spacial score (nSPS) is 24.5. The highest BCUT2D eigenvalue weighted by Gasteiger charge is 2.47. The molecular formula is C19H31N3O2. The summed E-state index contributed by atoms with van der Waals surface area (Å²) in [7, 11) is 2.20. The van der Waals surface area contributed by atoms with Crippen LogP contribution in [-0.4, -0.2) is 55.0 Å². The number of hydrogen-bond donors (Lipinski definition) is 1. The van der Waals surface area contributed by atoms with E-state index in [1.54, 1.807) is 0 Å². The highest BCUT2D eigenvalue weighted by Crippen LogP contribution is 2.43. The fourth-order valence-corrected chi connectivity index (χ4v) is 4.25. The number of likely N-dealkylation sites (tertiary alicyclic amines) is 2. The predicted octanol–water partition coefficient (Wildman–Crippen LogP) is 2.40. The molecule has 1 aromatic rings. The summed E-state index contributed by atoms with van der Waals surface area (Å²) in [5, 5.41) is 3.09. The Hall–Kier alpha value is -1.33. The summed E-state index contributed by atoms with van der Waals surface area (Å²) in [5.74, 6) is 1.88. The molecule has 1 amide bonds. The number of nitrogens with zero attached hydrogens (tertiary/aromatic N) is 2. The monoisotopic (exact) mass is 333 g/mol. The number of rotatable bonds is 5. The first-order valence-corrected chi connectivity index (χ1v) is 9.27. The van der Waals surface area contributed by atoms with Gasteiger partial charge in [-0.25, -0.2) is 0 Å². The van der Waals surface area contributed by atoms with Crippen molar-refractivity contribution >= 4 is 5.91 Å². The number of carbonyl (C=O) groups is 1. The molecule has 1 N–H and O–H groups in total. The van der Waals surface area contributed by atoms with Crippen LogP contribution in [0.4, 0.5) is 0 Å². The summed E-state index contributed by atoms with van der Waals surface area (Å²) in [4.78, 5) is 17.6. The van der Waals surface area contributed by atoms with Crippen molar-refractivity contribution in [2.45, 2.75) is 52.1 Å². The number of hydrogen-bond acceptors (Lipinski definition) is 4. The third-order valence-corrected chi connectivity index (χ3v) is 5.70. The van der Waals surface area contributed by atoms with E-state index in [2.05, 4.69) is 29.1 Å². The van der Waals surface area contributed by atoms with Crippen LogP contribution in [0.2, 0.25) is 0 Å². The molecule has 5 nitrogen and oxygen atoms in total. The second kappa shape index (κ2) is 7.28. The zero-order valence-corrected chi connectivity index (χ0v) is 15.3. The van der Waals surface area contributed by atoms with E-state index < -0.39 is 0 Å². The van der Waals surface area contributed by atoms with E-state index in [0.717, 1.165) is 50.5 Å². The van der Waals surface area contributed by atoms with Crippen LogP contribution in [0, 0.1) is 12.3 Å².